The molecule has 0 aliphatic carbocycles. The highest BCUT2D eigenvalue weighted by Gasteiger charge is 2.03. The van der Waals surface area contributed by atoms with E-state index in [0.29, 0.717) is 29.5 Å². The molecule has 0 saturated heterocycles. The number of nitrogens with two attached hydrogens (primary N) is 1. The summed E-state index contributed by atoms with van der Waals surface area (Å²) in [6, 6.07) is 6.88. The van der Waals surface area contributed by atoms with Crippen LogP contribution in [0.2, 0.25) is 0 Å². The zero-order valence-corrected chi connectivity index (χ0v) is 11.2. The Hall–Kier alpha value is -1.56. The number of rotatable bonds is 7. The van der Waals surface area contributed by atoms with Crippen molar-refractivity contribution in [3.05, 3.63) is 24.3 Å². The predicted octanol–water partition coefficient (Wildman–Crippen LogP) is 0.532. The number of nitrogen functional groups attached to an aromatic ring is 1. The van der Waals surface area contributed by atoms with Gasteiger partial charge in [0.05, 0.1) is 0 Å². The predicted molar refractivity (Wildman–Crippen MR) is 72.9 cm³/mol. The first-order chi connectivity index (χ1) is 8.61. The van der Waals surface area contributed by atoms with Crippen LogP contribution in [0.4, 0.5) is 5.69 Å². The second-order valence-electron chi connectivity index (χ2n) is 3.64. The second kappa shape index (κ2) is 7.71. The van der Waals surface area contributed by atoms with Gasteiger partial charge in [0.1, 0.15) is 5.75 Å². The maximum Gasteiger partial charge on any atom is 0.257 e. The summed E-state index contributed by atoms with van der Waals surface area (Å²) in [6.07, 6.45) is 0. The molecule has 1 atom stereocenters. The van der Waals surface area contributed by atoms with E-state index in [1.807, 2.05) is 6.92 Å². The Bertz CT molecular complexity index is 424. The first kappa shape index (κ1) is 14.5. The summed E-state index contributed by atoms with van der Waals surface area (Å²) in [4.78, 5) is 11.4. The molecule has 0 radical (unpaired) electrons. The Morgan fingerprint density at radius 2 is 2.28 bits per heavy atom. The van der Waals surface area contributed by atoms with Crippen molar-refractivity contribution in [2.45, 2.75) is 6.92 Å². The van der Waals surface area contributed by atoms with Crippen LogP contribution >= 0.6 is 0 Å². The fourth-order valence-electron chi connectivity index (χ4n) is 1.25. The van der Waals surface area contributed by atoms with Gasteiger partial charge in [-0.1, -0.05) is 13.0 Å². The summed E-state index contributed by atoms with van der Waals surface area (Å²) < 4.78 is 16.4. The van der Waals surface area contributed by atoms with Gasteiger partial charge in [-0.05, 0) is 12.1 Å². The minimum atomic E-state index is -0.858. The summed E-state index contributed by atoms with van der Waals surface area (Å²) in [5.74, 6) is 1.41. The van der Waals surface area contributed by atoms with Crippen molar-refractivity contribution in [3.8, 4) is 5.75 Å². The van der Waals surface area contributed by atoms with Gasteiger partial charge in [0.2, 0.25) is 0 Å². The highest BCUT2D eigenvalue weighted by molar-refractivity contribution is 7.84. The molecule has 100 valence electrons. The molecule has 1 aromatic rings. The Labute approximate surface area is 109 Å². The second-order valence-corrected chi connectivity index (χ2v) is 5.51. The van der Waals surface area contributed by atoms with E-state index in [1.54, 1.807) is 24.3 Å². The third-order valence-corrected chi connectivity index (χ3v) is 3.51. The summed E-state index contributed by atoms with van der Waals surface area (Å²) >= 11 is 0. The normalized spacial score (nSPS) is 11.8. The van der Waals surface area contributed by atoms with Gasteiger partial charge in [0.25, 0.3) is 5.91 Å². The third kappa shape index (κ3) is 5.67. The molecule has 0 saturated carbocycles. The highest BCUT2D eigenvalue weighted by Crippen LogP contribution is 2.13. The third-order valence-electron chi connectivity index (χ3n) is 2.20. The number of ether oxygens (including phenoxy) is 1. The standard InChI is InChI=1S/C12H18N2O3S/c1-2-18(16)7-6-14-12(15)9-17-11-5-3-4-10(13)8-11/h3-5,8H,2,6-7,9,13H2,1H3,(H,14,15). The monoisotopic (exact) mass is 270 g/mol. The van der Waals surface area contributed by atoms with Crippen LogP contribution in [-0.2, 0) is 15.6 Å². The van der Waals surface area contributed by atoms with Crippen molar-refractivity contribution in [2.24, 2.45) is 0 Å². The summed E-state index contributed by atoms with van der Waals surface area (Å²) in [5, 5.41) is 2.64. The largest absolute Gasteiger partial charge is 0.484 e. The Balaban J connectivity index is 2.23. The van der Waals surface area contributed by atoms with Crippen molar-refractivity contribution in [1.29, 1.82) is 0 Å². The fourth-order valence-corrected chi connectivity index (χ4v) is 1.87. The molecule has 0 bridgehead atoms. The first-order valence-electron chi connectivity index (χ1n) is 5.72. The van der Waals surface area contributed by atoms with Gasteiger partial charge in [0, 0.05) is 40.6 Å². The number of benzene rings is 1. The van der Waals surface area contributed by atoms with Crippen molar-refractivity contribution in [1.82, 2.24) is 5.32 Å². The minimum Gasteiger partial charge on any atom is -0.484 e. The molecule has 3 N–H and O–H groups in total. The summed E-state index contributed by atoms with van der Waals surface area (Å²) in [5.41, 5.74) is 6.17. The molecular formula is C12H18N2O3S. The van der Waals surface area contributed by atoms with Crippen LogP contribution in [0.25, 0.3) is 0 Å². The zero-order chi connectivity index (χ0) is 13.4. The van der Waals surface area contributed by atoms with E-state index < -0.39 is 10.8 Å². The maximum absolute atomic E-state index is 11.4. The van der Waals surface area contributed by atoms with Gasteiger partial charge < -0.3 is 15.8 Å². The number of anilines is 1. The summed E-state index contributed by atoms with van der Waals surface area (Å²) in [6.45, 7) is 2.18. The van der Waals surface area contributed by atoms with Crippen LogP contribution in [0.1, 0.15) is 6.92 Å². The molecule has 0 aliphatic heterocycles. The van der Waals surface area contributed by atoms with E-state index in [4.69, 9.17) is 10.5 Å². The molecule has 5 nitrogen and oxygen atoms in total. The SMILES string of the molecule is CCS(=O)CCNC(=O)COc1cccc(N)c1. The molecule has 0 fully saturated rings. The average Bonchev–Trinajstić information content (AvgIpc) is 2.36. The van der Waals surface area contributed by atoms with Crippen LogP contribution in [0, 0.1) is 0 Å². The van der Waals surface area contributed by atoms with Crippen LogP contribution < -0.4 is 15.8 Å². The molecule has 0 heterocycles. The number of nitrogens with one attached hydrogen (secondary N) is 1. The number of amides is 1. The molecule has 0 aliphatic rings. The van der Waals surface area contributed by atoms with E-state index in [0.717, 1.165) is 0 Å². The highest BCUT2D eigenvalue weighted by atomic mass is 32.2. The van der Waals surface area contributed by atoms with Gasteiger partial charge in [-0.15, -0.1) is 0 Å². The lowest BCUT2D eigenvalue weighted by molar-refractivity contribution is -0.122. The van der Waals surface area contributed by atoms with Gasteiger partial charge in [-0.3, -0.25) is 9.00 Å². The van der Waals surface area contributed by atoms with Crippen molar-refractivity contribution in [2.75, 3.05) is 30.4 Å². The van der Waals surface area contributed by atoms with Gasteiger partial charge in [-0.25, -0.2) is 0 Å². The van der Waals surface area contributed by atoms with Crippen LogP contribution in [0.15, 0.2) is 24.3 Å². The number of hydrogen-bond acceptors (Lipinski definition) is 4. The molecule has 18 heavy (non-hydrogen) atoms. The topological polar surface area (TPSA) is 81.4 Å². The molecule has 1 aromatic carbocycles. The number of carbonyl (C=O) groups excluding carboxylic acids is 1. The summed E-state index contributed by atoms with van der Waals surface area (Å²) in [7, 11) is -0.858. The molecule has 1 amide bonds. The quantitative estimate of drug-likeness (QED) is 0.708. The minimum absolute atomic E-state index is 0.0672. The molecular weight excluding hydrogens is 252 g/mol. The van der Waals surface area contributed by atoms with Gasteiger partial charge >= 0.3 is 0 Å². The van der Waals surface area contributed by atoms with E-state index >= 15 is 0 Å². The van der Waals surface area contributed by atoms with Gasteiger partial charge in [-0.2, -0.15) is 0 Å². The van der Waals surface area contributed by atoms with E-state index in [1.165, 1.54) is 0 Å². The molecule has 0 spiro atoms. The first-order valence-corrected chi connectivity index (χ1v) is 7.20. The van der Waals surface area contributed by atoms with E-state index in [-0.39, 0.29) is 12.5 Å². The Morgan fingerprint density at radius 1 is 1.50 bits per heavy atom. The van der Waals surface area contributed by atoms with Crippen LogP contribution in [-0.4, -0.2) is 34.8 Å². The zero-order valence-electron chi connectivity index (χ0n) is 10.3. The molecule has 0 aromatic heterocycles. The van der Waals surface area contributed by atoms with Crippen LogP contribution in [0.3, 0.4) is 0 Å². The lowest BCUT2D eigenvalue weighted by Gasteiger charge is -2.07. The fraction of sp³-hybridized carbons (Fsp3) is 0.417. The van der Waals surface area contributed by atoms with E-state index in [9.17, 15) is 9.00 Å². The van der Waals surface area contributed by atoms with Crippen molar-refractivity contribution in [3.63, 3.8) is 0 Å². The van der Waals surface area contributed by atoms with Gasteiger partial charge in [0.15, 0.2) is 6.61 Å². The van der Waals surface area contributed by atoms with Crippen LogP contribution in [0.5, 0.6) is 5.75 Å². The van der Waals surface area contributed by atoms with Crippen molar-refractivity contribution >= 4 is 22.4 Å². The Morgan fingerprint density at radius 3 is 2.94 bits per heavy atom. The van der Waals surface area contributed by atoms with E-state index in [2.05, 4.69) is 5.32 Å². The molecule has 6 heteroatoms. The molecule has 1 unspecified atom stereocenters. The lowest BCUT2D eigenvalue weighted by atomic mass is 10.3. The lowest BCUT2D eigenvalue weighted by Crippen LogP contribution is -2.32. The molecule has 1 rings (SSSR count). The number of carbonyl (C=O) groups is 1. The average molecular weight is 270 g/mol. The smallest absolute Gasteiger partial charge is 0.257 e. The van der Waals surface area contributed by atoms with Crippen molar-refractivity contribution < 1.29 is 13.7 Å². The maximum atomic E-state index is 11.4. The Kier molecular flexibility index (Phi) is 6.21. The number of hydrogen-bond donors (Lipinski definition) is 2.